The van der Waals surface area contributed by atoms with Crippen molar-refractivity contribution in [2.75, 3.05) is 0 Å². The molecule has 2 aromatic rings. The second-order valence-electron chi connectivity index (χ2n) is 7.32. The Balaban J connectivity index is 1.90. The van der Waals surface area contributed by atoms with Crippen molar-refractivity contribution in [3.05, 3.63) is 78.4 Å². The second kappa shape index (κ2) is 8.60. The predicted molar refractivity (Wildman–Crippen MR) is 107 cm³/mol. The van der Waals surface area contributed by atoms with Gasteiger partial charge in [0.25, 0.3) is 0 Å². The highest BCUT2D eigenvalue weighted by Crippen LogP contribution is 2.39. The second-order valence-corrected chi connectivity index (χ2v) is 7.32. The molecule has 2 aromatic carbocycles. The highest BCUT2D eigenvalue weighted by Gasteiger charge is 2.27. The van der Waals surface area contributed by atoms with Crippen LogP contribution in [-0.2, 0) is 6.42 Å². The summed E-state index contributed by atoms with van der Waals surface area (Å²) in [6.45, 7) is 7.47. The zero-order valence-corrected chi connectivity index (χ0v) is 15.5. The van der Waals surface area contributed by atoms with Crippen LogP contribution >= 0.6 is 0 Å². The Hall–Kier alpha value is -2.29. The number of hydrogen-bond acceptors (Lipinski definition) is 0. The summed E-state index contributed by atoms with van der Waals surface area (Å²) in [7, 11) is 0. The summed E-state index contributed by atoms with van der Waals surface area (Å²) >= 11 is 0. The molecular weight excluding hydrogens is 345 g/mol. The van der Waals surface area contributed by atoms with E-state index in [0.717, 1.165) is 31.2 Å². The number of fused-ring (bicyclic) bond motifs is 1. The van der Waals surface area contributed by atoms with Crippen molar-refractivity contribution in [3.63, 3.8) is 0 Å². The first-order valence-corrected chi connectivity index (χ1v) is 9.55. The fourth-order valence-corrected chi connectivity index (χ4v) is 3.85. The van der Waals surface area contributed by atoms with Crippen LogP contribution in [0, 0.1) is 17.7 Å². The van der Waals surface area contributed by atoms with Gasteiger partial charge in [-0.25, -0.2) is 13.2 Å². The zero-order chi connectivity index (χ0) is 19.4. The first-order chi connectivity index (χ1) is 13.0. The summed E-state index contributed by atoms with van der Waals surface area (Å²) in [5.41, 5.74) is 0.778. The standard InChI is InChI=1S/C24H25F3/c1-3-5-6-17-9-13-20-19(15-17)12-14-21(23(20)26)24(27)22(25)18-10-7-16(4-2)8-11-18/h3-4,9,12-16,18H,1-2,5-8,10-11H2. The normalized spacial score (nSPS) is 21.0. The summed E-state index contributed by atoms with van der Waals surface area (Å²) < 4.78 is 44.3. The molecule has 0 aromatic heterocycles. The molecule has 0 bridgehead atoms. The molecule has 0 spiro atoms. The maximum Gasteiger partial charge on any atom is 0.165 e. The predicted octanol–water partition coefficient (Wildman–Crippen LogP) is 7.70. The Morgan fingerprint density at radius 2 is 1.78 bits per heavy atom. The lowest BCUT2D eigenvalue weighted by Gasteiger charge is -2.25. The van der Waals surface area contributed by atoms with Gasteiger partial charge in [0.05, 0.1) is 0 Å². The van der Waals surface area contributed by atoms with Crippen molar-refractivity contribution >= 4 is 16.6 Å². The maximum absolute atomic E-state index is 14.9. The van der Waals surface area contributed by atoms with Crippen LogP contribution in [0.15, 0.2) is 61.5 Å². The first-order valence-electron chi connectivity index (χ1n) is 9.55. The number of hydrogen-bond donors (Lipinski definition) is 0. The molecule has 0 N–H and O–H groups in total. The van der Waals surface area contributed by atoms with E-state index in [1.165, 1.54) is 6.07 Å². The van der Waals surface area contributed by atoms with Crippen molar-refractivity contribution in [1.29, 1.82) is 0 Å². The van der Waals surface area contributed by atoms with Crippen molar-refractivity contribution in [2.45, 2.75) is 38.5 Å². The minimum atomic E-state index is -1.06. The van der Waals surface area contributed by atoms with Gasteiger partial charge in [-0.2, -0.15) is 0 Å². The van der Waals surface area contributed by atoms with Crippen molar-refractivity contribution in [2.24, 2.45) is 11.8 Å². The van der Waals surface area contributed by atoms with Gasteiger partial charge in [-0.05, 0) is 61.5 Å². The smallest absolute Gasteiger partial charge is 0.165 e. The Kier molecular flexibility index (Phi) is 6.20. The monoisotopic (exact) mass is 370 g/mol. The molecule has 1 saturated carbocycles. The van der Waals surface area contributed by atoms with E-state index >= 15 is 0 Å². The molecule has 1 aliphatic rings. The van der Waals surface area contributed by atoms with E-state index in [1.807, 2.05) is 24.3 Å². The van der Waals surface area contributed by atoms with Gasteiger partial charge < -0.3 is 0 Å². The minimum Gasteiger partial charge on any atom is -0.208 e. The van der Waals surface area contributed by atoms with Crippen LogP contribution in [0.5, 0.6) is 0 Å². The molecule has 0 radical (unpaired) electrons. The Morgan fingerprint density at radius 3 is 2.44 bits per heavy atom. The zero-order valence-electron chi connectivity index (χ0n) is 15.5. The van der Waals surface area contributed by atoms with E-state index in [-0.39, 0.29) is 5.56 Å². The largest absolute Gasteiger partial charge is 0.208 e. The molecule has 0 nitrogen and oxygen atoms in total. The van der Waals surface area contributed by atoms with E-state index in [0.29, 0.717) is 29.5 Å². The molecule has 0 amide bonds. The van der Waals surface area contributed by atoms with Gasteiger partial charge in [0, 0.05) is 16.9 Å². The van der Waals surface area contributed by atoms with Crippen LogP contribution in [0.3, 0.4) is 0 Å². The van der Waals surface area contributed by atoms with Gasteiger partial charge in [-0.15, -0.1) is 13.2 Å². The number of aryl methyl sites for hydroxylation is 1. The van der Waals surface area contributed by atoms with Gasteiger partial charge >= 0.3 is 0 Å². The third-order valence-electron chi connectivity index (χ3n) is 5.57. The van der Waals surface area contributed by atoms with Crippen LogP contribution in [0.1, 0.15) is 43.2 Å². The summed E-state index contributed by atoms with van der Waals surface area (Å²) in [4.78, 5) is 0. The third-order valence-corrected chi connectivity index (χ3v) is 5.57. The van der Waals surface area contributed by atoms with Crippen LogP contribution in [-0.4, -0.2) is 0 Å². The molecule has 0 atom stereocenters. The molecule has 3 heteroatoms. The number of rotatable bonds is 6. The Morgan fingerprint density at radius 1 is 1.04 bits per heavy atom. The molecule has 0 aliphatic heterocycles. The molecule has 3 rings (SSSR count). The molecule has 1 aliphatic carbocycles. The van der Waals surface area contributed by atoms with E-state index in [2.05, 4.69) is 13.2 Å². The SMILES string of the molecule is C=CCCc1ccc2c(F)c(C(F)=C(F)C3CCC(C=C)CC3)ccc2c1. The lowest BCUT2D eigenvalue weighted by Crippen LogP contribution is -2.14. The summed E-state index contributed by atoms with van der Waals surface area (Å²) in [5, 5.41) is 1.01. The van der Waals surface area contributed by atoms with Crippen molar-refractivity contribution < 1.29 is 13.2 Å². The molecule has 27 heavy (non-hydrogen) atoms. The average molecular weight is 370 g/mol. The molecule has 0 unspecified atom stereocenters. The van der Waals surface area contributed by atoms with Crippen LogP contribution in [0.2, 0.25) is 0 Å². The van der Waals surface area contributed by atoms with Crippen LogP contribution < -0.4 is 0 Å². The van der Waals surface area contributed by atoms with Gasteiger partial charge in [0.1, 0.15) is 11.6 Å². The first kappa shape index (κ1) is 19.5. The van der Waals surface area contributed by atoms with Crippen LogP contribution in [0.4, 0.5) is 13.2 Å². The molecule has 1 fully saturated rings. The van der Waals surface area contributed by atoms with E-state index in [1.54, 1.807) is 12.1 Å². The highest BCUT2D eigenvalue weighted by molar-refractivity contribution is 5.87. The Bertz CT molecular complexity index is 871. The van der Waals surface area contributed by atoms with E-state index < -0.39 is 23.4 Å². The molecule has 0 saturated heterocycles. The van der Waals surface area contributed by atoms with Gasteiger partial charge in [-0.1, -0.05) is 36.4 Å². The average Bonchev–Trinajstić information content (AvgIpc) is 2.71. The summed E-state index contributed by atoms with van der Waals surface area (Å²) in [6.07, 6.45) is 8.09. The molecule has 0 heterocycles. The lowest BCUT2D eigenvalue weighted by atomic mass is 9.81. The van der Waals surface area contributed by atoms with Gasteiger partial charge in [-0.3, -0.25) is 0 Å². The van der Waals surface area contributed by atoms with E-state index in [9.17, 15) is 13.2 Å². The molecule has 142 valence electrons. The topological polar surface area (TPSA) is 0 Å². The summed E-state index contributed by atoms with van der Waals surface area (Å²) in [5.74, 6) is -2.69. The van der Waals surface area contributed by atoms with E-state index in [4.69, 9.17) is 0 Å². The van der Waals surface area contributed by atoms with Crippen molar-refractivity contribution in [1.82, 2.24) is 0 Å². The number of allylic oxidation sites excluding steroid dienone is 3. The minimum absolute atomic E-state index is 0.287. The van der Waals surface area contributed by atoms with Gasteiger partial charge in [0.15, 0.2) is 5.83 Å². The fraction of sp³-hybridized carbons (Fsp3) is 0.333. The van der Waals surface area contributed by atoms with Crippen molar-refractivity contribution in [3.8, 4) is 0 Å². The number of halogens is 3. The molecular formula is C24H25F3. The Labute approximate surface area is 159 Å². The summed E-state index contributed by atoms with van der Waals surface area (Å²) in [6, 6.07) is 8.37. The number of benzene rings is 2. The van der Waals surface area contributed by atoms with Gasteiger partial charge in [0.2, 0.25) is 0 Å². The van der Waals surface area contributed by atoms with Crippen LogP contribution in [0.25, 0.3) is 16.6 Å². The quantitative estimate of drug-likeness (QED) is 0.457. The lowest BCUT2D eigenvalue weighted by molar-refractivity contribution is 0.305. The highest BCUT2D eigenvalue weighted by atomic mass is 19.2. The fourth-order valence-electron chi connectivity index (χ4n) is 3.85. The third kappa shape index (κ3) is 4.18. The maximum atomic E-state index is 14.9.